The second-order valence-corrected chi connectivity index (χ2v) is 7.42. The minimum atomic E-state index is -0.304. The molecule has 3 rings (SSSR count). The molecule has 3 aromatic rings. The number of carbonyl (C=O) groups is 1. The van der Waals surface area contributed by atoms with Gasteiger partial charge in [0.05, 0.1) is 11.7 Å². The molecule has 1 unspecified atom stereocenters. The Morgan fingerprint density at radius 3 is 2.52 bits per heavy atom. The number of furan rings is 1. The zero-order chi connectivity index (χ0) is 21.0. The van der Waals surface area contributed by atoms with Crippen molar-refractivity contribution in [3.8, 4) is 0 Å². The summed E-state index contributed by atoms with van der Waals surface area (Å²) in [6, 6.07) is 9.39. The summed E-state index contributed by atoms with van der Waals surface area (Å²) >= 11 is 0. The number of benzene rings is 1. The van der Waals surface area contributed by atoms with Crippen LogP contribution in [0.2, 0.25) is 0 Å². The predicted molar refractivity (Wildman–Crippen MR) is 107 cm³/mol. The Labute approximate surface area is 169 Å². The Bertz CT molecular complexity index is 941. The maximum absolute atomic E-state index is 13.3. The van der Waals surface area contributed by atoms with Gasteiger partial charge in [-0.3, -0.25) is 4.79 Å². The van der Waals surface area contributed by atoms with Crippen molar-refractivity contribution in [2.45, 2.75) is 32.7 Å². The highest BCUT2D eigenvalue weighted by molar-refractivity contribution is 5.91. The smallest absolute Gasteiger partial charge is 0.287 e. The van der Waals surface area contributed by atoms with Gasteiger partial charge >= 0.3 is 0 Å². The van der Waals surface area contributed by atoms with E-state index in [1.807, 2.05) is 32.8 Å². The van der Waals surface area contributed by atoms with Crippen molar-refractivity contribution in [2.75, 3.05) is 20.6 Å². The highest BCUT2D eigenvalue weighted by atomic mass is 19.1. The molecule has 0 saturated heterocycles. The summed E-state index contributed by atoms with van der Waals surface area (Å²) in [5, 5.41) is 6.95. The highest BCUT2D eigenvalue weighted by Crippen LogP contribution is 2.21. The first-order valence-corrected chi connectivity index (χ1v) is 9.55. The Kier molecular flexibility index (Phi) is 6.49. The number of hydrogen-bond donors (Lipinski definition) is 1. The third kappa shape index (κ3) is 5.32. The first-order valence-electron chi connectivity index (χ1n) is 9.55. The molecule has 2 aromatic heterocycles. The Balaban J connectivity index is 1.72. The van der Waals surface area contributed by atoms with Crippen molar-refractivity contribution < 1.29 is 18.1 Å². The molecule has 0 fully saturated rings. The maximum atomic E-state index is 13.3. The number of amides is 1. The van der Waals surface area contributed by atoms with Crippen LogP contribution in [-0.2, 0) is 6.42 Å². The van der Waals surface area contributed by atoms with Crippen LogP contribution < -0.4 is 5.32 Å². The number of nitrogens with one attached hydrogen (secondary N) is 1. The summed E-state index contributed by atoms with van der Waals surface area (Å²) in [6.07, 6.45) is 1.20. The first kappa shape index (κ1) is 20.8. The fraction of sp³-hybridized carbons (Fsp3) is 0.364. The number of rotatable bonds is 8. The van der Waals surface area contributed by atoms with Gasteiger partial charge in [-0.15, -0.1) is 0 Å². The zero-order valence-corrected chi connectivity index (χ0v) is 17.2. The Morgan fingerprint density at radius 1 is 1.17 bits per heavy atom. The van der Waals surface area contributed by atoms with Gasteiger partial charge in [0.1, 0.15) is 17.3 Å². The van der Waals surface area contributed by atoms with Crippen molar-refractivity contribution >= 4 is 5.91 Å². The van der Waals surface area contributed by atoms with Crippen molar-refractivity contribution in [1.29, 1.82) is 0 Å². The van der Waals surface area contributed by atoms with Crippen LogP contribution in [0.1, 0.15) is 51.4 Å². The first-order chi connectivity index (χ1) is 13.8. The van der Waals surface area contributed by atoms with Gasteiger partial charge in [-0.25, -0.2) is 4.39 Å². The highest BCUT2D eigenvalue weighted by Gasteiger charge is 2.20. The van der Waals surface area contributed by atoms with E-state index in [9.17, 15) is 9.18 Å². The largest absolute Gasteiger partial charge is 0.456 e. The minimum Gasteiger partial charge on any atom is -0.456 e. The zero-order valence-electron chi connectivity index (χ0n) is 17.2. The third-order valence-corrected chi connectivity index (χ3v) is 4.86. The van der Waals surface area contributed by atoms with E-state index in [1.165, 1.54) is 12.1 Å². The van der Waals surface area contributed by atoms with Crippen LogP contribution in [0.15, 0.2) is 45.3 Å². The fourth-order valence-electron chi connectivity index (χ4n) is 3.16. The molecule has 2 heterocycles. The molecule has 29 heavy (non-hydrogen) atoms. The van der Waals surface area contributed by atoms with E-state index in [0.717, 1.165) is 29.1 Å². The molecule has 1 atom stereocenters. The van der Waals surface area contributed by atoms with Crippen molar-refractivity contribution in [2.24, 2.45) is 0 Å². The van der Waals surface area contributed by atoms with Gasteiger partial charge in [-0.05, 0) is 70.7 Å². The normalized spacial score (nSPS) is 12.3. The van der Waals surface area contributed by atoms with Crippen LogP contribution in [0.4, 0.5) is 4.39 Å². The quantitative estimate of drug-likeness (QED) is 0.619. The van der Waals surface area contributed by atoms with Crippen molar-refractivity contribution in [3.05, 3.63) is 76.3 Å². The van der Waals surface area contributed by atoms with Gasteiger partial charge in [-0.1, -0.05) is 17.3 Å². The van der Waals surface area contributed by atoms with Gasteiger partial charge in [0.25, 0.3) is 5.91 Å². The molecular formula is C22H26FN3O3. The molecule has 1 amide bonds. The van der Waals surface area contributed by atoms with Crippen LogP contribution in [0.25, 0.3) is 0 Å². The molecule has 0 bridgehead atoms. The van der Waals surface area contributed by atoms with Gasteiger partial charge in [0, 0.05) is 12.0 Å². The van der Waals surface area contributed by atoms with Crippen LogP contribution >= 0.6 is 0 Å². The molecule has 154 valence electrons. The molecule has 0 saturated carbocycles. The number of aromatic nitrogens is 1. The minimum absolute atomic E-state index is 0.240. The molecule has 0 aliphatic heterocycles. The molecule has 0 aliphatic carbocycles. The summed E-state index contributed by atoms with van der Waals surface area (Å²) in [7, 11) is 3.94. The predicted octanol–water partition coefficient (Wildman–Crippen LogP) is 4.04. The van der Waals surface area contributed by atoms with E-state index in [0.29, 0.717) is 18.6 Å². The van der Waals surface area contributed by atoms with Gasteiger partial charge < -0.3 is 19.2 Å². The van der Waals surface area contributed by atoms with Crippen LogP contribution in [0.5, 0.6) is 0 Å². The summed E-state index contributed by atoms with van der Waals surface area (Å²) < 4.78 is 24.2. The molecule has 6 nitrogen and oxygen atoms in total. The molecule has 0 radical (unpaired) electrons. The molecular weight excluding hydrogens is 373 g/mol. The summed E-state index contributed by atoms with van der Waals surface area (Å²) in [6.45, 7) is 4.50. The fourth-order valence-corrected chi connectivity index (χ4v) is 3.16. The van der Waals surface area contributed by atoms with E-state index in [-0.39, 0.29) is 23.5 Å². The van der Waals surface area contributed by atoms with Gasteiger partial charge in [0.2, 0.25) is 0 Å². The second-order valence-electron chi connectivity index (χ2n) is 7.42. The maximum Gasteiger partial charge on any atom is 0.287 e. The van der Waals surface area contributed by atoms with Crippen molar-refractivity contribution in [3.63, 3.8) is 0 Å². The van der Waals surface area contributed by atoms with E-state index in [1.54, 1.807) is 24.3 Å². The van der Waals surface area contributed by atoms with E-state index < -0.39 is 0 Å². The van der Waals surface area contributed by atoms with E-state index in [2.05, 4.69) is 10.5 Å². The Morgan fingerprint density at radius 2 is 1.90 bits per heavy atom. The number of hydrogen-bond acceptors (Lipinski definition) is 5. The number of nitrogens with zero attached hydrogens (tertiary/aromatic N) is 2. The van der Waals surface area contributed by atoms with Gasteiger partial charge in [-0.2, -0.15) is 0 Å². The number of halogens is 1. The van der Waals surface area contributed by atoms with E-state index >= 15 is 0 Å². The lowest BCUT2D eigenvalue weighted by Gasteiger charge is -2.21. The average molecular weight is 399 g/mol. The molecule has 0 spiro atoms. The molecule has 1 N–H and O–H groups in total. The second kappa shape index (κ2) is 9.05. The monoisotopic (exact) mass is 399 g/mol. The molecule has 1 aromatic carbocycles. The van der Waals surface area contributed by atoms with Crippen LogP contribution in [-0.4, -0.2) is 36.6 Å². The average Bonchev–Trinajstić information content (AvgIpc) is 3.28. The SMILES string of the molecule is Cc1noc(C)c1Cc1ccc(C(=O)NC(CCN(C)C)c2ccc(F)cc2)o1. The standard InChI is InChI=1S/C22H26FN3O3/c1-14-19(15(2)29-25-14)13-18-9-10-21(28-18)22(27)24-20(11-12-26(3)4)16-5-7-17(23)8-6-16/h5-10,20H,11-13H2,1-4H3,(H,24,27). The van der Waals surface area contributed by atoms with E-state index in [4.69, 9.17) is 8.94 Å². The lowest BCUT2D eigenvalue weighted by Crippen LogP contribution is -2.30. The number of aryl methyl sites for hydroxylation is 2. The summed E-state index contributed by atoms with van der Waals surface area (Å²) in [5.74, 6) is 1.04. The van der Waals surface area contributed by atoms with Crippen molar-refractivity contribution in [1.82, 2.24) is 15.4 Å². The third-order valence-electron chi connectivity index (χ3n) is 4.86. The number of carbonyl (C=O) groups excluding carboxylic acids is 1. The Hall–Kier alpha value is -2.93. The lowest BCUT2D eigenvalue weighted by molar-refractivity contribution is 0.0903. The topological polar surface area (TPSA) is 71.5 Å². The summed E-state index contributed by atoms with van der Waals surface area (Å²) in [5.41, 5.74) is 2.62. The lowest BCUT2D eigenvalue weighted by atomic mass is 10.0. The molecule has 0 aliphatic rings. The summed E-state index contributed by atoms with van der Waals surface area (Å²) in [4.78, 5) is 14.8. The van der Waals surface area contributed by atoms with Crippen LogP contribution in [0.3, 0.4) is 0 Å². The van der Waals surface area contributed by atoms with Crippen LogP contribution in [0, 0.1) is 19.7 Å². The molecule has 7 heteroatoms. The van der Waals surface area contributed by atoms with Gasteiger partial charge in [0.15, 0.2) is 5.76 Å².